The first-order valence-electron chi connectivity index (χ1n) is 9.05. The Bertz CT molecular complexity index is 1020. The van der Waals surface area contributed by atoms with Crippen molar-refractivity contribution in [1.82, 2.24) is 10.0 Å². The molecule has 142 valence electrons. The zero-order chi connectivity index (χ0) is 19.3. The summed E-state index contributed by atoms with van der Waals surface area (Å²) in [5, 5.41) is 11.6. The predicted octanol–water partition coefficient (Wildman–Crippen LogP) is 3.57. The molecule has 0 aliphatic carbocycles. The van der Waals surface area contributed by atoms with Crippen LogP contribution in [0.25, 0.3) is 10.9 Å². The number of aliphatic carboxylic acids is 1. The number of carboxylic acids is 1. The molecule has 4 rings (SSSR count). The Labute approximate surface area is 162 Å². The van der Waals surface area contributed by atoms with E-state index in [4.69, 9.17) is 14.7 Å². The SMILES string of the molecule is O=C(O)C=CC1CON1Cc1ccccc1OCc1ccc2ccccc2n1. The minimum absolute atomic E-state index is 0.0497. The van der Waals surface area contributed by atoms with E-state index < -0.39 is 5.97 Å². The van der Waals surface area contributed by atoms with Crippen LogP contribution in [-0.2, 0) is 22.8 Å². The van der Waals surface area contributed by atoms with Gasteiger partial charge in [0, 0.05) is 17.0 Å². The number of carbonyl (C=O) groups is 1. The van der Waals surface area contributed by atoms with E-state index in [1.165, 1.54) is 0 Å². The van der Waals surface area contributed by atoms with Gasteiger partial charge in [0.2, 0.25) is 0 Å². The van der Waals surface area contributed by atoms with Crippen molar-refractivity contribution < 1.29 is 19.5 Å². The van der Waals surface area contributed by atoms with E-state index in [-0.39, 0.29) is 6.04 Å². The molecule has 6 nitrogen and oxygen atoms in total. The molecule has 0 spiro atoms. The summed E-state index contributed by atoms with van der Waals surface area (Å²) in [7, 11) is 0. The Balaban J connectivity index is 1.43. The molecule has 2 aromatic carbocycles. The lowest BCUT2D eigenvalue weighted by Gasteiger charge is -2.38. The fourth-order valence-electron chi connectivity index (χ4n) is 3.06. The van der Waals surface area contributed by atoms with Gasteiger partial charge in [-0.05, 0) is 18.2 Å². The number of para-hydroxylation sites is 2. The first-order chi connectivity index (χ1) is 13.7. The Morgan fingerprint density at radius 3 is 2.82 bits per heavy atom. The number of nitrogens with zero attached hydrogens (tertiary/aromatic N) is 2. The largest absolute Gasteiger partial charge is 0.487 e. The van der Waals surface area contributed by atoms with Crippen molar-refractivity contribution >= 4 is 16.9 Å². The van der Waals surface area contributed by atoms with Crippen LogP contribution in [0.15, 0.2) is 72.8 Å². The molecule has 1 fully saturated rings. The van der Waals surface area contributed by atoms with Gasteiger partial charge in [0.25, 0.3) is 0 Å². The van der Waals surface area contributed by atoms with E-state index in [0.29, 0.717) is 19.8 Å². The van der Waals surface area contributed by atoms with Crippen molar-refractivity contribution in [2.45, 2.75) is 19.2 Å². The highest BCUT2D eigenvalue weighted by Crippen LogP contribution is 2.25. The fourth-order valence-corrected chi connectivity index (χ4v) is 3.06. The van der Waals surface area contributed by atoms with E-state index in [2.05, 4.69) is 4.98 Å². The van der Waals surface area contributed by atoms with Crippen LogP contribution in [0.1, 0.15) is 11.3 Å². The van der Waals surface area contributed by atoms with Gasteiger partial charge in [0.1, 0.15) is 12.4 Å². The molecular formula is C22H20N2O4. The molecule has 1 unspecified atom stereocenters. The maximum Gasteiger partial charge on any atom is 0.328 e. The summed E-state index contributed by atoms with van der Waals surface area (Å²) in [6, 6.07) is 19.7. The first-order valence-corrected chi connectivity index (χ1v) is 9.05. The van der Waals surface area contributed by atoms with Crippen molar-refractivity contribution in [2.75, 3.05) is 6.61 Å². The molecular weight excluding hydrogens is 356 g/mol. The quantitative estimate of drug-likeness (QED) is 0.636. The number of hydrogen-bond acceptors (Lipinski definition) is 5. The van der Waals surface area contributed by atoms with E-state index in [0.717, 1.165) is 34.0 Å². The molecule has 1 saturated heterocycles. The highest BCUT2D eigenvalue weighted by molar-refractivity contribution is 5.80. The van der Waals surface area contributed by atoms with Gasteiger partial charge < -0.3 is 9.84 Å². The maximum absolute atomic E-state index is 10.7. The van der Waals surface area contributed by atoms with Gasteiger partial charge in [-0.3, -0.25) is 4.84 Å². The topological polar surface area (TPSA) is 71.9 Å². The Morgan fingerprint density at radius 1 is 1.18 bits per heavy atom. The summed E-state index contributed by atoms with van der Waals surface area (Å²) >= 11 is 0. The van der Waals surface area contributed by atoms with E-state index in [1.807, 2.05) is 60.7 Å². The summed E-state index contributed by atoms with van der Waals surface area (Å²) in [5.74, 6) is -0.201. The third kappa shape index (κ3) is 4.19. The van der Waals surface area contributed by atoms with Crippen molar-refractivity contribution in [1.29, 1.82) is 0 Å². The maximum atomic E-state index is 10.7. The number of benzene rings is 2. The van der Waals surface area contributed by atoms with Crippen LogP contribution in [0.4, 0.5) is 0 Å². The molecule has 6 heteroatoms. The van der Waals surface area contributed by atoms with Crippen molar-refractivity contribution in [3.05, 3.63) is 84.1 Å². The van der Waals surface area contributed by atoms with Gasteiger partial charge in [0.15, 0.2) is 0 Å². The minimum atomic E-state index is -0.960. The van der Waals surface area contributed by atoms with E-state index >= 15 is 0 Å². The fraction of sp³-hybridized carbons (Fsp3) is 0.182. The second kappa shape index (κ2) is 8.21. The number of aromatic nitrogens is 1. The van der Waals surface area contributed by atoms with E-state index in [9.17, 15) is 4.79 Å². The van der Waals surface area contributed by atoms with Crippen LogP contribution in [0.2, 0.25) is 0 Å². The molecule has 3 aromatic rings. The summed E-state index contributed by atoms with van der Waals surface area (Å²) in [6.07, 6.45) is 2.78. The number of carboxylic acid groups (broad SMARTS) is 1. The molecule has 0 radical (unpaired) electrons. The number of hydroxylamine groups is 2. The first kappa shape index (κ1) is 18.2. The summed E-state index contributed by atoms with van der Waals surface area (Å²) in [4.78, 5) is 20.8. The average Bonchev–Trinajstić information content (AvgIpc) is 2.70. The summed E-state index contributed by atoms with van der Waals surface area (Å²) in [6.45, 7) is 1.36. The zero-order valence-electron chi connectivity index (χ0n) is 15.2. The molecule has 1 aliphatic rings. The van der Waals surface area contributed by atoms with Crippen molar-refractivity contribution in [3.8, 4) is 5.75 Å². The lowest BCUT2D eigenvalue weighted by Crippen LogP contribution is -2.48. The van der Waals surface area contributed by atoms with Gasteiger partial charge in [-0.2, -0.15) is 5.06 Å². The smallest absolute Gasteiger partial charge is 0.328 e. The monoisotopic (exact) mass is 376 g/mol. The second-order valence-electron chi connectivity index (χ2n) is 6.53. The summed E-state index contributed by atoms with van der Waals surface area (Å²) in [5.41, 5.74) is 2.77. The van der Waals surface area contributed by atoms with Crippen LogP contribution in [-0.4, -0.2) is 33.8 Å². The number of ether oxygens (including phenoxy) is 1. The normalized spacial score (nSPS) is 16.9. The molecule has 1 aliphatic heterocycles. The zero-order valence-corrected chi connectivity index (χ0v) is 15.2. The Hall–Kier alpha value is -3.22. The van der Waals surface area contributed by atoms with Crippen LogP contribution in [0, 0.1) is 0 Å². The number of pyridine rings is 1. The standard InChI is InChI=1S/C22H20N2O4/c25-22(26)12-11-19-15-28-24(19)13-17-6-2-4-8-21(17)27-14-18-10-9-16-5-1-3-7-20(16)23-18/h1-12,19H,13-15H2,(H,25,26). The molecule has 2 heterocycles. The lowest BCUT2D eigenvalue weighted by atomic mass is 10.1. The Kier molecular flexibility index (Phi) is 5.32. The second-order valence-corrected chi connectivity index (χ2v) is 6.53. The van der Waals surface area contributed by atoms with Crippen LogP contribution in [0.3, 0.4) is 0 Å². The minimum Gasteiger partial charge on any atom is -0.487 e. The van der Waals surface area contributed by atoms with Crippen LogP contribution in [0.5, 0.6) is 5.75 Å². The van der Waals surface area contributed by atoms with Crippen LogP contribution >= 0.6 is 0 Å². The van der Waals surface area contributed by atoms with Gasteiger partial charge >= 0.3 is 5.97 Å². The molecule has 0 saturated carbocycles. The molecule has 1 aromatic heterocycles. The molecule has 0 bridgehead atoms. The third-order valence-electron chi connectivity index (χ3n) is 4.57. The van der Waals surface area contributed by atoms with E-state index in [1.54, 1.807) is 11.1 Å². The lowest BCUT2D eigenvalue weighted by molar-refractivity contribution is -0.281. The molecule has 1 N–H and O–H groups in total. The average molecular weight is 376 g/mol. The van der Waals surface area contributed by atoms with Crippen molar-refractivity contribution in [3.63, 3.8) is 0 Å². The summed E-state index contributed by atoms with van der Waals surface area (Å²) < 4.78 is 6.02. The van der Waals surface area contributed by atoms with Gasteiger partial charge in [-0.15, -0.1) is 0 Å². The molecule has 0 amide bonds. The van der Waals surface area contributed by atoms with Gasteiger partial charge in [-0.1, -0.05) is 48.5 Å². The highest BCUT2D eigenvalue weighted by Gasteiger charge is 2.28. The third-order valence-corrected chi connectivity index (χ3v) is 4.57. The van der Waals surface area contributed by atoms with Gasteiger partial charge in [-0.25, -0.2) is 9.78 Å². The predicted molar refractivity (Wildman–Crippen MR) is 105 cm³/mol. The van der Waals surface area contributed by atoms with Crippen LogP contribution < -0.4 is 4.74 Å². The number of rotatable bonds is 7. The number of fused-ring (bicyclic) bond motifs is 1. The number of hydrogen-bond donors (Lipinski definition) is 1. The highest BCUT2D eigenvalue weighted by atomic mass is 16.7. The molecule has 1 atom stereocenters. The van der Waals surface area contributed by atoms with Crippen molar-refractivity contribution in [2.24, 2.45) is 0 Å². The molecule has 28 heavy (non-hydrogen) atoms. The Morgan fingerprint density at radius 2 is 2.00 bits per heavy atom. The van der Waals surface area contributed by atoms with Gasteiger partial charge in [0.05, 0.1) is 30.4 Å².